The summed E-state index contributed by atoms with van der Waals surface area (Å²) < 4.78 is 0. The van der Waals surface area contributed by atoms with Gasteiger partial charge in [0.15, 0.2) is 0 Å². The van der Waals surface area contributed by atoms with Gasteiger partial charge in [-0.2, -0.15) is 0 Å². The molecule has 0 N–H and O–H groups in total. The van der Waals surface area contributed by atoms with Crippen LogP contribution in [0.25, 0.3) is 17.7 Å². The summed E-state index contributed by atoms with van der Waals surface area (Å²) in [4.78, 5) is 0. The van der Waals surface area contributed by atoms with Crippen LogP contribution < -0.4 is 0 Å². The summed E-state index contributed by atoms with van der Waals surface area (Å²) in [6.45, 7) is 2.24. The van der Waals surface area contributed by atoms with Crippen molar-refractivity contribution in [2.24, 2.45) is 0 Å². The normalized spacial score (nSPS) is 16.6. The summed E-state index contributed by atoms with van der Waals surface area (Å²) in [6.07, 6.45) is 8.93. The van der Waals surface area contributed by atoms with Gasteiger partial charge in [0, 0.05) is 5.92 Å². The van der Waals surface area contributed by atoms with Gasteiger partial charge in [-0.1, -0.05) is 115 Å². The molecule has 26 heavy (non-hydrogen) atoms. The molecule has 1 aliphatic carbocycles. The Balaban J connectivity index is 1.77. The van der Waals surface area contributed by atoms with Crippen molar-refractivity contribution in [2.75, 3.05) is 0 Å². The van der Waals surface area contributed by atoms with E-state index in [-0.39, 0.29) is 0 Å². The largest absolute Gasteiger partial charge is 0.0622 e. The lowest BCUT2D eigenvalue weighted by Gasteiger charge is -2.19. The molecule has 4 rings (SSSR count). The van der Waals surface area contributed by atoms with Crippen molar-refractivity contribution < 1.29 is 0 Å². The van der Waals surface area contributed by atoms with E-state index in [2.05, 4.69) is 110 Å². The average molecular weight is 334 g/mol. The molecule has 0 amide bonds. The van der Waals surface area contributed by atoms with Gasteiger partial charge in [0.1, 0.15) is 0 Å². The van der Waals surface area contributed by atoms with E-state index in [9.17, 15) is 0 Å². The molecule has 0 saturated carbocycles. The average Bonchev–Trinajstić information content (AvgIpc) is 3.02. The quantitative estimate of drug-likeness (QED) is 0.451. The van der Waals surface area contributed by atoms with E-state index in [1.807, 2.05) is 6.07 Å². The zero-order chi connectivity index (χ0) is 17.8. The Kier molecular flexibility index (Phi) is 4.66. The number of rotatable bonds is 4. The summed E-state index contributed by atoms with van der Waals surface area (Å²) in [5.74, 6) is 0.314. The third-order valence-electron chi connectivity index (χ3n) is 4.93. The lowest BCUT2D eigenvalue weighted by molar-refractivity contribution is 1.05. The summed E-state index contributed by atoms with van der Waals surface area (Å²) >= 11 is 0. The molecule has 0 spiro atoms. The third kappa shape index (κ3) is 3.32. The van der Waals surface area contributed by atoms with Crippen LogP contribution in [0.15, 0.2) is 103 Å². The fourth-order valence-corrected chi connectivity index (χ4v) is 3.71. The van der Waals surface area contributed by atoms with E-state index in [0.717, 1.165) is 0 Å². The topological polar surface area (TPSA) is 0 Å². The summed E-state index contributed by atoms with van der Waals surface area (Å²) in [5.41, 5.74) is 7.97. The van der Waals surface area contributed by atoms with Gasteiger partial charge in [0.2, 0.25) is 0 Å². The Morgan fingerprint density at radius 3 is 2.19 bits per heavy atom. The molecule has 1 unspecified atom stereocenters. The molecule has 0 heterocycles. The smallest absolute Gasteiger partial charge is 0.0311 e. The minimum absolute atomic E-state index is 0.314. The van der Waals surface area contributed by atoms with Crippen LogP contribution in [-0.2, 0) is 0 Å². The maximum absolute atomic E-state index is 2.32. The van der Waals surface area contributed by atoms with Crippen molar-refractivity contribution in [1.29, 1.82) is 0 Å². The molecule has 1 atom stereocenters. The van der Waals surface area contributed by atoms with Gasteiger partial charge in [-0.25, -0.2) is 0 Å². The highest BCUT2D eigenvalue weighted by Gasteiger charge is 2.26. The first-order valence-electron chi connectivity index (χ1n) is 9.09. The maximum atomic E-state index is 2.32. The molecule has 0 aliphatic heterocycles. The monoisotopic (exact) mass is 334 g/mol. The highest BCUT2D eigenvalue weighted by atomic mass is 14.3. The van der Waals surface area contributed by atoms with Crippen LogP contribution in [0.1, 0.15) is 35.1 Å². The highest BCUT2D eigenvalue weighted by molar-refractivity contribution is 5.83. The number of fused-ring (bicyclic) bond motifs is 1. The number of hydrogen-bond acceptors (Lipinski definition) is 0. The minimum atomic E-state index is 0.314. The summed E-state index contributed by atoms with van der Waals surface area (Å²) in [5, 5.41) is 0. The Morgan fingerprint density at radius 1 is 0.769 bits per heavy atom. The van der Waals surface area contributed by atoms with Crippen molar-refractivity contribution in [3.63, 3.8) is 0 Å². The first kappa shape index (κ1) is 16.4. The lowest BCUT2D eigenvalue weighted by Crippen LogP contribution is -2.01. The summed E-state index contributed by atoms with van der Waals surface area (Å²) in [7, 11) is 0. The molecule has 3 aromatic carbocycles. The molecule has 0 saturated heterocycles. The predicted octanol–water partition coefficient (Wildman–Crippen LogP) is 6.98. The van der Waals surface area contributed by atoms with Crippen LogP contribution in [0.5, 0.6) is 0 Å². The van der Waals surface area contributed by atoms with Crippen LogP contribution in [0.2, 0.25) is 0 Å². The van der Waals surface area contributed by atoms with E-state index in [0.29, 0.717) is 5.92 Å². The standard InChI is InChI=1S/C26H22/c1-20-19-23-16-8-9-17-25(23)26(20)24(22-14-6-3-7-15-22)18-10-13-21-11-4-2-5-12-21/h2-19,26H,1H3. The predicted molar refractivity (Wildman–Crippen MR) is 113 cm³/mol. The zero-order valence-corrected chi connectivity index (χ0v) is 15.0. The molecule has 3 aromatic rings. The molecule has 0 heteroatoms. The van der Waals surface area contributed by atoms with Crippen molar-refractivity contribution in [1.82, 2.24) is 0 Å². The summed E-state index contributed by atoms with van der Waals surface area (Å²) in [6, 6.07) is 29.9. The van der Waals surface area contributed by atoms with Crippen LogP contribution >= 0.6 is 0 Å². The van der Waals surface area contributed by atoms with Gasteiger partial charge < -0.3 is 0 Å². The van der Waals surface area contributed by atoms with Crippen LogP contribution in [0.3, 0.4) is 0 Å². The Bertz CT molecular complexity index is 973. The van der Waals surface area contributed by atoms with E-state index in [1.54, 1.807) is 0 Å². The SMILES string of the molecule is CC1=Cc2ccccc2C1C(=CC=Cc1ccccc1)c1ccccc1. The van der Waals surface area contributed by atoms with Gasteiger partial charge in [-0.15, -0.1) is 0 Å². The minimum Gasteiger partial charge on any atom is -0.0622 e. The molecule has 0 nitrogen and oxygen atoms in total. The van der Waals surface area contributed by atoms with E-state index >= 15 is 0 Å². The van der Waals surface area contributed by atoms with Gasteiger partial charge in [-0.3, -0.25) is 0 Å². The molecule has 0 bridgehead atoms. The second-order valence-corrected chi connectivity index (χ2v) is 6.71. The van der Waals surface area contributed by atoms with Gasteiger partial charge in [-0.05, 0) is 34.8 Å². The van der Waals surface area contributed by atoms with E-state index in [4.69, 9.17) is 0 Å². The molecule has 0 aromatic heterocycles. The first-order chi connectivity index (χ1) is 12.8. The number of allylic oxidation sites excluding steroid dienone is 4. The lowest BCUT2D eigenvalue weighted by atomic mass is 9.84. The molecule has 1 aliphatic rings. The van der Waals surface area contributed by atoms with Crippen LogP contribution in [-0.4, -0.2) is 0 Å². The third-order valence-corrected chi connectivity index (χ3v) is 4.93. The fourth-order valence-electron chi connectivity index (χ4n) is 3.71. The van der Waals surface area contributed by atoms with Gasteiger partial charge in [0.05, 0.1) is 0 Å². The van der Waals surface area contributed by atoms with Crippen molar-refractivity contribution >= 4 is 17.7 Å². The second-order valence-electron chi connectivity index (χ2n) is 6.71. The number of hydrogen-bond donors (Lipinski definition) is 0. The zero-order valence-electron chi connectivity index (χ0n) is 15.0. The molecule has 0 fully saturated rings. The van der Waals surface area contributed by atoms with Crippen molar-refractivity contribution in [3.8, 4) is 0 Å². The highest BCUT2D eigenvalue weighted by Crippen LogP contribution is 2.44. The Labute approximate surface area is 155 Å². The van der Waals surface area contributed by atoms with Crippen LogP contribution in [0.4, 0.5) is 0 Å². The fraction of sp³-hybridized carbons (Fsp3) is 0.0769. The van der Waals surface area contributed by atoms with E-state index in [1.165, 1.54) is 33.4 Å². The van der Waals surface area contributed by atoms with Crippen molar-refractivity contribution in [2.45, 2.75) is 12.8 Å². The first-order valence-corrected chi connectivity index (χ1v) is 9.09. The number of benzene rings is 3. The second kappa shape index (κ2) is 7.41. The Morgan fingerprint density at radius 2 is 1.42 bits per heavy atom. The molecular formula is C26H22. The molecule has 126 valence electrons. The van der Waals surface area contributed by atoms with Crippen LogP contribution in [0, 0.1) is 0 Å². The maximum Gasteiger partial charge on any atom is 0.0311 e. The molecular weight excluding hydrogens is 312 g/mol. The molecule has 0 radical (unpaired) electrons. The van der Waals surface area contributed by atoms with E-state index < -0.39 is 0 Å². The Hall–Kier alpha value is -3.12. The van der Waals surface area contributed by atoms with Gasteiger partial charge >= 0.3 is 0 Å². The van der Waals surface area contributed by atoms with Crippen molar-refractivity contribution in [3.05, 3.63) is 125 Å². The van der Waals surface area contributed by atoms with Gasteiger partial charge in [0.25, 0.3) is 0 Å².